The summed E-state index contributed by atoms with van der Waals surface area (Å²) in [6, 6.07) is 0. The van der Waals surface area contributed by atoms with Crippen molar-refractivity contribution < 1.29 is 38.0 Å². The zero-order chi connectivity index (χ0) is 21.8. The summed E-state index contributed by atoms with van der Waals surface area (Å²) in [5.41, 5.74) is 0. The van der Waals surface area contributed by atoms with Gasteiger partial charge < -0.3 is 28.4 Å². The third-order valence-corrected chi connectivity index (χ3v) is 8.42. The molecule has 0 unspecified atom stereocenters. The van der Waals surface area contributed by atoms with E-state index >= 15 is 0 Å². The van der Waals surface area contributed by atoms with E-state index in [9.17, 15) is 9.59 Å². The zero-order valence-corrected chi connectivity index (χ0v) is 18.9. The third kappa shape index (κ3) is 2.87. The molecule has 170 valence electrons. The SMILES string of the molecule is COC(=O)[C@@]1(Cl)C[C@H]2C[C@@H]([C@H]3COC4(CCCCC4)O3)OC(=O)[C@@]2(Cl)C1(OC)OC. The van der Waals surface area contributed by atoms with Gasteiger partial charge in [-0.05, 0) is 25.7 Å². The molecule has 30 heavy (non-hydrogen) atoms. The maximum Gasteiger partial charge on any atom is 0.333 e. The second-order valence-electron chi connectivity index (χ2n) is 8.55. The van der Waals surface area contributed by atoms with Crippen molar-refractivity contribution >= 4 is 35.1 Å². The van der Waals surface area contributed by atoms with Crippen LogP contribution in [0.4, 0.5) is 0 Å². The highest BCUT2D eigenvalue weighted by Crippen LogP contribution is 2.63. The van der Waals surface area contributed by atoms with Crippen LogP contribution in [0.25, 0.3) is 0 Å². The van der Waals surface area contributed by atoms with Gasteiger partial charge in [0.25, 0.3) is 0 Å². The highest BCUT2D eigenvalue weighted by atomic mass is 35.5. The number of cyclic esters (lactones) is 1. The molecular weight excluding hydrogens is 439 g/mol. The first-order valence-corrected chi connectivity index (χ1v) is 11.1. The molecular formula is C20H28Cl2O8. The lowest BCUT2D eigenvalue weighted by Crippen LogP contribution is -2.68. The Bertz CT molecular complexity index is 707. The van der Waals surface area contributed by atoms with E-state index in [0.717, 1.165) is 32.1 Å². The van der Waals surface area contributed by atoms with Gasteiger partial charge in [0.2, 0.25) is 10.7 Å². The van der Waals surface area contributed by atoms with Gasteiger partial charge in [0.15, 0.2) is 10.7 Å². The summed E-state index contributed by atoms with van der Waals surface area (Å²) in [7, 11) is 3.78. The first-order valence-electron chi connectivity index (χ1n) is 10.3. The largest absolute Gasteiger partial charge is 0.468 e. The normalized spacial score (nSPS) is 42.0. The molecule has 0 aromatic carbocycles. The van der Waals surface area contributed by atoms with Gasteiger partial charge in [0.1, 0.15) is 12.2 Å². The fourth-order valence-electron chi connectivity index (χ4n) is 5.70. The van der Waals surface area contributed by atoms with Gasteiger partial charge in [-0.2, -0.15) is 0 Å². The highest BCUT2D eigenvalue weighted by molar-refractivity contribution is 6.41. The zero-order valence-electron chi connectivity index (χ0n) is 17.4. The number of carbonyl (C=O) groups excluding carboxylic acids is 2. The summed E-state index contributed by atoms with van der Waals surface area (Å²) in [6.07, 6.45) is 4.29. The van der Waals surface area contributed by atoms with Crippen molar-refractivity contribution in [1.82, 2.24) is 0 Å². The van der Waals surface area contributed by atoms with Gasteiger partial charge >= 0.3 is 11.9 Å². The van der Waals surface area contributed by atoms with Crippen molar-refractivity contribution in [3.8, 4) is 0 Å². The maximum atomic E-state index is 13.2. The number of rotatable bonds is 4. The van der Waals surface area contributed by atoms with E-state index in [2.05, 4.69) is 0 Å². The number of alkyl halides is 2. The Balaban J connectivity index is 1.61. The van der Waals surface area contributed by atoms with Gasteiger partial charge in [-0.15, -0.1) is 23.2 Å². The first kappa shape index (κ1) is 22.6. The highest BCUT2D eigenvalue weighted by Gasteiger charge is 2.81. The van der Waals surface area contributed by atoms with Crippen molar-refractivity contribution in [3.63, 3.8) is 0 Å². The van der Waals surface area contributed by atoms with Crippen molar-refractivity contribution in [3.05, 3.63) is 0 Å². The molecule has 1 spiro atoms. The van der Waals surface area contributed by atoms with Crippen LogP contribution in [-0.4, -0.2) is 73.4 Å². The van der Waals surface area contributed by atoms with Crippen LogP contribution in [0.1, 0.15) is 44.9 Å². The molecule has 2 aliphatic carbocycles. The van der Waals surface area contributed by atoms with Crippen molar-refractivity contribution in [2.45, 2.75) is 78.5 Å². The van der Waals surface area contributed by atoms with E-state index in [-0.39, 0.29) is 6.42 Å². The van der Waals surface area contributed by atoms with Gasteiger partial charge in [-0.1, -0.05) is 6.42 Å². The average Bonchev–Trinajstić information content (AvgIpc) is 3.23. The van der Waals surface area contributed by atoms with E-state index < -0.39 is 51.4 Å². The molecule has 0 radical (unpaired) electrons. The molecule has 10 heteroatoms. The second-order valence-corrected chi connectivity index (χ2v) is 9.79. The molecule has 4 fully saturated rings. The molecule has 2 saturated carbocycles. The molecule has 5 atom stereocenters. The summed E-state index contributed by atoms with van der Waals surface area (Å²) in [5, 5.41) is 0. The van der Waals surface area contributed by atoms with Crippen LogP contribution in [-0.2, 0) is 38.0 Å². The topological polar surface area (TPSA) is 89.5 Å². The number of methoxy groups -OCH3 is 3. The lowest BCUT2D eigenvalue weighted by molar-refractivity contribution is -0.252. The van der Waals surface area contributed by atoms with Crippen molar-refractivity contribution in [1.29, 1.82) is 0 Å². The lowest BCUT2D eigenvalue weighted by atomic mass is 9.83. The van der Waals surface area contributed by atoms with Crippen LogP contribution >= 0.6 is 23.2 Å². The number of fused-ring (bicyclic) bond motifs is 1. The standard InChI is InChI=1S/C20H28Cl2O8/c1-25-15(23)18(21)10-12-9-13(14-11-28-17(30-14)7-5-4-6-8-17)29-16(24)19(12,22)20(18,26-2)27-3/h12-14H,4-11H2,1-3H3/t12-,13+,14-,18+,19-/m1/s1. The molecule has 0 amide bonds. The number of esters is 2. The minimum Gasteiger partial charge on any atom is -0.468 e. The predicted octanol–water partition coefficient (Wildman–Crippen LogP) is 2.51. The van der Waals surface area contributed by atoms with Gasteiger partial charge in [0.05, 0.1) is 13.7 Å². The summed E-state index contributed by atoms with van der Waals surface area (Å²) in [5.74, 6) is -4.65. The average molecular weight is 467 g/mol. The van der Waals surface area contributed by atoms with Crippen molar-refractivity contribution in [2.75, 3.05) is 27.9 Å². The molecule has 8 nitrogen and oxygen atoms in total. The van der Waals surface area contributed by atoms with E-state index in [0.29, 0.717) is 13.0 Å². The molecule has 0 bridgehead atoms. The Morgan fingerprint density at radius 1 is 1.07 bits per heavy atom. The first-order chi connectivity index (χ1) is 14.2. The van der Waals surface area contributed by atoms with E-state index in [1.54, 1.807) is 0 Å². The summed E-state index contributed by atoms with van der Waals surface area (Å²) >= 11 is 13.6. The predicted molar refractivity (Wildman–Crippen MR) is 105 cm³/mol. The van der Waals surface area contributed by atoms with E-state index in [1.165, 1.54) is 21.3 Å². The van der Waals surface area contributed by atoms with Crippen LogP contribution in [0.5, 0.6) is 0 Å². The van der Waals surface area contributed by atoms with Crippen LogP contribution < -0.4 is 0 Å². The second kappa shape index (κ2) is 7.74. The van der Waals surface area contributed by atoms with E-state index in [4.69, 9.17) is 51.6 Å². The Morgan fingerprint density at radius 3 is 2.33 bits per heavy atom. The Morgan fingerprint density at radius 2 is 1.73 bits per heavy atom. The quantitative estimate of drug-likeness (QED) is 0.354. The number of hydrogen-bond acceptors (Lipinski definition) is 8. The third-order valence-electron chi connectivity index (χ3n) is 7.15. The summed E-state index contributed by atoms with van der Waals surface area (Å²) < 4.78 is 34.0. The lowest BCUT2D eigenvalue weighted by Gasteiger charge is -2.47. The summed E-state index contributed by atoms with van der Waals surface area (Å²) in [4.78, 5) is 22.2. The molecule has 0 aromatic heterocycles. The molecule has 4 rings (SSSR count). The minimum atomic E-state index is -1.96. The van der Waals surface area contributed by atoms with E-state index in [1.807, 2.05) is 0 Å². The molecule has 0 aromatic rings. The Labute approximate surface area is 185 Å². The van der Waals surface area contributed by atoms with Crippen LogP contribution in [0.3, 0.4) is 0 Å². The number of halogens is 2. The molecule has 2 saturated heterocycles. The number of carbonyl (C=O) groups is 2. The Hall–Kier alpha value is -0.640. The smallest absolute Gasteiger partial charge is 0.333 e. The van der Waals surface area contributed by atoms with Crippen LogP contribution in [0.2, 0.25) is 0 Å². The molecule has 2 aliphatic heterocycles. The van der Waals surface area contributed by atoms with Crippen LogP contribution in [0.15, 0.2) is 0 Å². The van der Waals surface area contributed by atoms with Gasteiger partial charge in [-0.3, -0.25) is 0 Å². The van der Waals surface area contributed by atoms with Gasteiger partial charge in [0, 0.05) is 33.0 Å². The molecule has 0 N–H and O–H groups in total. The monoisotopic (exact) mass is 466 g/mol. The number of ether oxygens (including phenoxy) is 6. The van der Waals surface area contributed by atoms with Crippen LogP contribution in [0, 0.1) is 5.92 Å². The Kier molecular flexibility index (Phi) is 5.82. The molecule has 4 aliphatic rings. The minimum absolute atomic E-state index is 0.0245. The van der Waals surface area contributed by atoms with Gasteiger partial charge in [-0.25, -0.2) is 9.59 Å². The summed E-state index contributed by atoms with van der Waals surface area (Å²) in [6.45, 7) is 0.336. The number of hydrogen-bond donors (Lipinski definition) is 0. The maximum absolute atomic E-state index is 13.2. The molecule has 2 heterocycles. The van der Waals surface area contributed by atoms with Crippen molar-refractivity contribution in [2.24, 2.45) is 5.92 Å². The fourth-order valence-corrected chi connectivity index (χ4v) is 6.84. The fraction of sp³-hybridized carbons (Fsp3) is 0.900.